The monoisotopic (exact) mass is 180 g/mol. The molecule has 0 amide bonds. The van der Waals surface area contributed by atoms with Gasteiger partial charge in [-0.1, -0.05) is 11.6 Å². The molecule has 0 heterocycles. The van der Waals surface area contributed by atoms with Crippen LogP contribution in [0.25, 0.3) is 0 Å². The van der Waals surface area contributed by atoms with Gasteiger partial charge in [0.1, 0.15) is 0 Å². The Bertz CT molecular complexity index is 219. The maximum Gasteiger partial charge on any atom is 0.372 e. The van der Waals surface area contributed by atoms with Gasteiger partial charge in [-0.25, -0.2) is 4.79 Å². The number of aliphatic hydroxyl groups is 1. The Hall–Kier alpha value is -1.23. The highest BCUT2D eigenvalue weighted by Crippen LogP contribution is 2.11. The highest BCUT2D eigenvalue weighted by Gasteiger charge is 2.13. The highest BCUT2D eigenvalue weighted by atomic mass is 35.5. The van der Waals surface area contributed by atoms with E-state index in [9.17, 15) is 9.59 Å². The molecule has 0 spiro atoms. The van der Waals surface area contributed by atoms with Crippen molar-refractivity contribution in [2.24, 2.45) is 0 Å². The molecule has 3 N–H and O–H groups in total. The van der Waals surface area contributed by atoms with Crippen LogP contribution in [0.5, 0.6) is 0 Å². The Morgan fingerprint density at radius 2 is 1.64 bits per heavy atom. The maximum absolute atomic E-state index is 9.94. The molecule has 0 aliphatic heterocycles. The normalized spacial score (nSPS) is 12.1. The van der Waals surface area contributed by atoms with Crippen LogP contribution in [0.4, 0.5) is 0 Å². The smallest absolute Gasteiger partial charge is 0.372 e. The lowest BCUT2D eigenvalue weighted by Gasteiger charge is -1.95. The molecule has 0 saturated heterocycles. The molecule has 11 heavy (non-hydrogen) atoms. The van der Waals surface area contributed by atoms with Crippen molar-refractivity contribution >= 4 is 23.5 Å². The second-order valence-corrected chi connectivity index (χ2v) is 2.09. The predicted molar refractivity (Wildman–Crippen MR) is 35.4 cm³/mol. The van der Waals surface area contributed by atoms with E-state index in [0.29, 0.717) is 0 Å². The number of rotatable bonds is 3. The van der Waals surface area contributed by atoms with Gasteiger partial charge < -0.3 is 15.3 Å². The summed E-state index contributed by atoms with van der Waals surface area (Å²) in [6, 6.07) is 0. The van der Waals surface area contributed by atoms with Crippen LogP contribution in [-0.2, 0) is 9.59 Å². The van der Waals surface area contributed by atoms with Crippen LogP contribution in [0.2, 0.25) is 0 Å². The Morgan fingerprint density at radius 3 is 1.91 bits per heavy atom. The number of carboxylic acid groups (broad SMARTS) is 2. The van der Waals surface area contributed by atoms with Gasteiger partial charge in [-0.3, -0.25) is 4.79 Å². The molecule has 0 aromatic heterocycles. The lowest BCUT2D eigenvalue weighted by Crippen LogP contribution is -2.04. The molecule has 62 valence electrons. The Balaban J connectivity index is 4.40. The molecular weight excluding hydrogens is 176 g/mol. The number of carboxylic acids is 2. The van der Waals surface area contributed by atoms with Gasteiger partial charge in [-0.2, -0.15) is 0 Å². The van der Waals surface area contributed by atoms with Gasteiger partial charge in [0, 0.05) is 0 Å². The third-order valence-corrected chi connectivity index (χ3v) is 1.08. The number of aliphatic carboxylic acids is 2. The topological polar surface area (TPSA) is 94.8 Å². The lowest BCUT2D eigenvalue weighted by molar-refractivity contribution is -0.136. The third-order valence-electron chi connectivity index (χ3n) is 0.766. The fraction of sp³-hybridized carbons (Fsp3) is 0.200. The van der Waals surface area contributed by atoms with Crippen LogP contribution < -0.4 is 0 Å². The van der Waals surface area contributed by atoms with E-state index in [0.717, 1.165) is 0 Å². The minimum absolute atomic E-state index is 0.593. The van der Waals surface area contributed by atoms with E-state index < -0.39 is 29.2 Å². The molecule has 0 bridgehead atoms. The summed E-state index contributed by atoms with van der Waals surface area (Å²) in [7, 11) is 0. The summed E-state index contributed by atoms with van der Waals surface area (Å²) in [5.41, 5.74) is 0. The average Bonchev–Trinajstić information content (AvgIpc) is 1.84. The van der Waals surface area contributed by atoms with E-state index in [2.05, 4.69) is 0 Å². The molecule has 0 rings (SSSR count). The first-order chi connectivity index (χ1) is 4.95. The average molecular weight is 181 g/mol. The molecule has 0 aliphatic carbocycles. The zero-order chi connectivity index (χ0) is 9.02. The minimum atomic E-state index is -1.64. The molecule has 0 aromatic rings. The first-order valence-corrected chi connectivity index (χ1v) is 2.85. The van der Waals surface area contributed by atoms with Crippen LogP contribution >= 0.6 is 11.6 Å². The van der Waals surface area contributed by atoms with Gasteiger partial charge in [0.25, 0.3) is 0 Å². The van der Waals surface area contributed by atoms with E-state index in [4.69, 9.17) is 26.9 Å². The molecular formula is C5H5ClO5. The summed E-state index contributed by atoms with van der Waals surface area (Å²) in [6.45, 7) is 0. The van der Waals surface area contributed by atoms with E-state index >= 15 is 0 Å². The fourth-order valence-corrected chi connectivity index (χ4v) is 0.528. The van der Waals surface area contributed by atoms with Crippen molar-refractivity contribution in [3.05, 3.63) is 10.8 Å². The van der Waals surface area contributed by atoms with Crippen molar-refractivity contribution in [3.8, 4) is 0 Å². The molecule has 0 aromatic carbocycles. The number of hydrogen-bond donors (Lipinski definition) is 3. The summed E-state index contributed by atoms with van der Waals surface area (Å²) in [5, 5.41) is 24.1. The summed E-state index contributed by atoms with van der Waals surface area (Å²) >= 11 is 5.09. The predicted octanol–water partition coefficient (Wildman–Crippen LogP) is 0.554. The summed E-state index contributed by atoms with van der Waals surface area (Å²) < 4.78 is 0. The largest absolute Gasteiger partial charge is 0.501 e. The molecule has 6 heteroatoms. The van der Waals surface area contributed by atoms with Crippen LogP contribution in [0.15, 0.2) is 10.8 Å². The lowest BCUT2D eigenvalue weighted by atomic mass is 10.3. The van der Waals surface area contributed by atoms with Gasteiger partial charge >= 0.3 is 11.9 Å². The number of hydrogen-bond acceptors (Lipinski definition) is 3. The van der Waals surface area contributed by atoms with Crippen LogP contribution in [-0.4, -0.2) is 27.3 Å². The van der Waals surface area contributed by atoms with Crippen LogP contribution in [0.1, 0.15) is 6.42 Å². The molecule has 5 nitrogen and oxygen atoms in total. The van der Waals surface area contributed by atoms with Gasteiger partial charge in [-0.15, -0.1) is 0 Å². The molecule has 0 atom stereocenters. The van der Waals surface area contributed by atoms with Crippen LogP contribution in [0.3, 0.4) is 0 Å². The SMILES string of the molecule is O=C(O)C/C(Cl)=C(\O)C(=O)O. The first kappa shape index (κ1) is 9.77. The Labute approximate surface area is 66.5 Å². The standard InChI is InChI=1S/C5H5ClO5/c6-2(1-3(7)8)4(9)5(10)11/h9H,1H2,(H,7,8)(H,10,11)/b4-2+. The summed E-state index contributed by atoms with van der Waals surface area (Å²) in [4.78, 5) is 19.9. The quantitative estimate of drug-likeness (QED) is 0.436. The van der Waals surface area contributed by atoms with E-state index in [1.807, 2.05) is 0 Å². The zero-order valence-electron chi connectivity index (χ0n) is 5.24. The summed E-state index contributed by atoms with van der Waals surface area (Å²) in [5.74, 6) is -4.08. The second-order valence-electron chi connectivity index (χ2n) is 1.63. The number of halogens is 1. The molecule has 0 unspecified atom stereocenters. The number of aliphatic hydroxyl groups excluding tert-OH is 1. The molecule has 0 saturated carbocycles. The second kappa shape index (κ2) is 3.82. The molecule has 0 fully saturated rings. The van der Waals surface area contributed by atoms with Crippen molar-refractivity contribution in [1.29, 1.82) is 0 Å². The Morgan fingerprint density at radius 1 is 1.18 bits per heavy atom. The van der Waals surface area contributed by atoms with Crippen molar-refractivity contribution in [2.45, 2.75) is 6.42 Å². The van der Waals surface area contributed by atoms with E-state index in [1.165, 1.54) is 0 Å². The van der Waals surface area contributed by atoms with Crippen molar-refractivity contribution in [3.63, 3.8) is 0 Å². The van der Waals surface area contributed by atoms with E-state index in [1.54, 1.807) is 0 Å². The van der Waals surface area contributed by atoms with Gasteiger partial charge in [0.2, 0.25) is 5.76 Å². The van der Waals surface area contributed by atoms with Crippen molar-refractivity contribution < 1.29 is 24.9 Å². The summed E-state index contributed by atoms with van der Waals surface area (Å²) in [6.07, 6.45) is -0.695. The van der Waals surface area contributed by atoms with Crippen LogP contribution in [0, 0.1) is 0 Å². The van der Waals surface area contributed by atoms with Gasteiger partial charge in [0.05, 0.1) is 11.5 Å². The van der Waals surface area contributed by atoms with Gasteiger partial charge in [0.15, 0.2) is 0 Å². The van der Waals surface area contributed by atoms with Crippen molar-refractivity contribution in [1.82, 2.24) is 0 Å². The zero-order valence-corrected chi connectivity index (χ0v) is 6.00. The fourth-order valence-electron chi connectivity index (χ4n) is 0.333. The minimum Gasteiger partial charge on any atom is -0.501 e. The van der Waals surface area contributed by atoms with E-state index in [-0.39, 0.29) is 0 Å². The maximum atomic E-state index is 9.94. The molecule has 0 radical (unpaired) electrons. The van der Waals surface area contributed by atoms with Crippen molar-refractivity contribution in [2.75, 3.05) is 0 Å². The van der Waals surface area contributed by atoms with Gasteiger partial charge in [-0.05, 0) is 0 Å². The number of carbonyl (C=O) groups is 2. The highest BCUT2D eigenvalue weighted by molar-refractivity contribution is 6.32. The first-order valence-electron chi connectivity index (χ1n) is 2.48. The molecule has 0 aliphatic rings. The Kier molecular flexibility index (Phi) is 3.39. The third kappa shape index (κ3) is 3.47.